The van der Waals surface area contributed by atoms with Crippen molar-refractivity contribution in [3.05, 3.63) is 52.8 Å². The zero-order valence-electron chi connectivity index (χ0n) is 13.3. The van der Waals surface area contributed by atoms with Crippen LogP contribution in [0, 0.1) is 25.7 Å². The Labute approximate surface area is 147 Å². The normalized spacial score (nSPS) is 10.8. The van der Waals surface area contributed by atoms with E-state index in [-0.39, 0.29) is 18.0 Å². The average molecular weight is 365 g/mol. The number of aromatic nitrogens is 1. The van der Waals surface area contributed by atoms with Crippen LogP contribution in [0.25, 0.3) is 0 Å². The first kappa shape index (κ1) is 18.3. The van der Waals surface area contributed by atoms with Crippen LogP contribution < -0.4 is 9.46 Å². The number of halogens is 1. The molecular weight excluding hydrogens is 348 g/mol. The van der Waals surface area contributed by atoms with Crippen LogP contribution in [0.15, 0.2) is 41.4 Å². The van der Waals surface area contributed by atoms with E-state index >= 15 is 0 Å². The van der Waals surface area contributed by atoms with Gasteiger partial charge in [0, 0.05) is 10.7 Å². The molecule has 0 aliphatic heterocycles. The summed E-state index contributed by atoms with van der Waals surface area (Å²) in [6, 6.07) is 8.36. The summed E-state index contributed by atoms with van der Waals surface area (Å²) >= 11 is 5.85. The van der Waals surface area contributed by atoms with Gasteiger partial charge >= 0.3 is 0 Å². The van der Waals surface area contributed by atoms with E-state index in [0.717, 1.165) is 5.69 Å². The second kappa shape index (κ2) is 8.15. The van der Waals surface area contributed by atoms with Crippen molar-refractivity contribution in [2.45, 2.75) is 18.7 Å². The summed E-state index contributed by atoms with van der Waals surface area (Å²) in [5.41, 5.74) is 1.52. The lowest BCUT2D eigenvalue weighted by atomic mass is 10.2. The first-order chi connectivity index (χ1) is 11.4. The van der Waals surface area contributed by atoms with Gasteiger partial charge in [-0.2, -0.15) is 4.72 Å². The molecule has 0 amide bonds. The van der Waals surface area contributed by atoms with E-state index in [4.69, 9.17) is 16.3 Å². The summed E-state index contributed by atoms with van der Waals surface area (Å²) in [6.07, 6.45) is 1.61. The maximum atomic E-state index is 12.2. The molecule has 2 aromatic rings. The lowest BCUT2D eigenvalue weighted by Crippen LogP contribution is -2.24. The highest BCUT2D eigenvalue weighted by Gasteiger charge is 2.16. The van der Waals surface area contributed by atoms with Gasteiger partial charge < -0.3 is 4.74 Å². The van der Waals surface area contributed by atoms with Crippen LogP contribution in [-0.2, 0) is 10.0 Å². The standard InChI is InChI=1S/C17H17ClN2O3S/c1-13-5-7-15(18)11-17(13)24(21,22)20-9-3-4-10-23-16-8-6-14(2)19-12-16/h5-8,11-12,20H,9-10H2,1-2H3. The topological polar surface area (TPSA) is 68.3 Å². The van der Waals surface area contributed by atoms with Crippen molar-refractivity contribution in [1.82, 2.24) is 9.71 Å². The van der Waals surface area contributed by atoms with Crippen LogP contribution in [-0.4, -0.2) is 26.6 Å². The van der Waals surface area contributed by atoms with Crippen LogP contribution in [0.1, 0.15) is 11.3 Å². The number of hydrogen-bond acceptors (Lipinski definition) is 4. The Balaban J connectivity index is 1.87. The van der Waals surface area contributed by atoms with E-state index in [1.165, 1.54) is 6.07 Å². The fourth-order valence-electron chi connectivity index (χ4n) is 1.84. The molecule has 0 aliphatic carbocycles. The molecule has 0 spiro atoms. The predicted octanol–water partition coefficient (Wildman–Crippen LogP) is 2.71. The van der Waals surface area contributed by atoms with Crippen molar-refractivity contribution in [2.75, 3.05) is 13.2 Å². The minimum absolute atomic E-state index is 0.0101. The maximum Gasteiger partial charge on any atom is 0.241 e. The highest BCUT2D eigenvalue weighted by atomic mass is 35.5. The Bertz CT molecular complexity index is 869. The number of benzene rings is 1. The van der Waals surface area contributed by atoms with Crippen molar-refractivity contribution < 1.29 is 13.2 Å². The van der Waals surface area contributed by atoms with Gasteiger partial charge in [-0.05, 0) is 43.7 Å². The molecule has 0 atom stereocenters. The molecule has 0 bridgehead atoms. The molecule has 7 heteroatoms. The molecule has 0 saturated heterocycles. The van der Waals surface area contributed by atoms with Crippen molar-refractivity contribution >= 4 is 21.6 Å². The number of aryl methyl sites for hydroxylation is 2. The monoisotopic (exact) mass is 364 g/mol. The molecule has 5 nitrogen and oxygen atoms in total. The Morgan fingerprint density at radius 3 is 2.71 bits per heavy atom. The van der Waals surface area contributed by atoms with Crippen LogP contribution >= 0.6 is 11.6 Å². The third-order valence-electron chi connectivity index (χ3n) is 3.11. The average Bonchev–Trinajstić information content (AvgIpc) is 2.54. The number of sulfonamides is 1. The Kier molecular flexibility index (Phi) is 6.21. The quantitative estimate of drug-likeness (QED) is 0.828. The third-order valence-corrected chi connectivity index (χ3v) is 4.89. The fourth-order valence-corrected chi connectivity index (χ4v) is 3.27. The van der Waals surface area contributed by atoms with E-state index in [1.807, 2.05) is 13.0 Å². The van der Waals surface area contributed by atoms with Gasteiger partial charge in [0.15, 0.2) is 0 Å². The highest BCUT2D eigenvalue weighted by molar-refractivity contribution is 7.89. The molecule has 126 valence electrons. The molecule has 0 unspecified atom stereocenters. The molecule has 1 heterocycles. The van der Waals surface area contributed by atoms with Crippen molar-refractivity contribution in [3.8, 4) is 17.6 Å². The Morgan fingerprint density at radius 1 is 1.21 bits per heavy atom. The maximum absolute atomic E-state index is 12.2. The van der Waals surface area contributed by atoms with Crippen LogP contribution in [0.3, 0.4) is 0 Å². The van der Waals surface area contributed by atoms with Crippen molar-refractivity contribution in [1.29, 1.82) is 0 Å². The molecule has 2 rings (SSSR count). The largest absolute Gasteiger partial charge is 0.479 e. The zero-order valence-corrected chi connectivity index (χ0v) is 14.9. The molecule has 0 aliphatic rings. The fraction of sp³-hybridized carbons (Fsp3) is 0.235. The van der Waals surface area contributed by atoms with Gasteiger partial charge in [0.2, 0.25) is 10.0 Å². The Hall–Kier alpha value is -2.07. The molecular formula is C17H17ClN2O3S. The van der Waals surface area contributed by atoms with E-state index in [9.17, 15) is 8.42 Å². The highest BCUT2D eigenvalue weighted by Crippen LogP contribution is 2.19. The number of hydrogen-bond donors (Lipinski definition) is 1. The minimum atomic E-state index is -3.65. The lowest BCUT2D eigenvalue weighted by molar-refractivity contribution is 0.368. The molecule has 1 aromatic heterocycles. The molecule has 0 fully saturated rings. The van der Waals surface area contributed by atoms with Crippen molar-refractivity contribution in [3.63, 3.8) is 0 Å². The summed E-state index contributed by atoms with van der Waals surface area (Å²) in [5, 5.41) is 0.368. The molecule has 1 aromatic carbocycles. The van der Waals surface area contributed by atoms with Crippen LogP contribution in [0.2, 0.25) is 5.02 Å². The smallest absolute Gasteiger partial charge is 0.241 e. The molecule has 0 saturated carbocycles. The summed E-state index contributed by atoms with van der Waals surface area (Å²) in [6.45, 7) is 3.74. The minimum Gasteiger partial charge on any atom is -0.479 e. The number of ether oxygens (including phenoxy) is 1. The zero-order chi connectivity index (χ0) is 17.6. The van der Waals surface area contributed by atoms with E-state index in [2.05, 4.69) is 21.5 Å². The Morgan fingerprint density at radius 2 is 2.00 bits per heavy atom. The number of pyridine rings is 1. The first-order valence-corrected chi connectivity index (χ1v) is 9.01. The summed E-state index contributed by atoms with van der Waals surface area (Å²) in [7, 11) is -3.65. The molecule has 1 N–H and O–H groups in total. The van der Waals surface area contributed by atoms with Gasteiger partial charge in [-0.15, -0.1) is 0 Å². The summed E-state index contributed by atoms with van der Waals surface area (Å²) < 4.78 is 32.2. The number of nitrogens with one attached hydrogen (secondary N) is 1. The van der Waals surface area contributed by atoms with E-state index < -0.39 is 10.0 Å². The van der Waals surface area contributed by atoms with Gasteiger partial charge in [-0.25, -0.2) is 8.42 Å². The van der Waals surface area contributed by atoms with Crippen LogP contribution in [0.4, 0.5) is 0 Å². The van der Waals surface area contributed by atoms with Crippen LogP contribution in [0.5, 0.6) is 5.75 Å². The SMILES string of the molecule is Cc1ccc(OCC#CCNS(=O)(=O)c2cc(Cl)ccc2C)cn1. The predicted molar refractivity (Wildman–Crippen MR) is 93.6 cm³/mol. The number of nitrogens with zero attached hydrogens (tertiary/aromatic N) is 1. The lowest BCUT2D eigenvalue weighted by Gasteiger charge is -2.07. The van der Waals surface area contributed by atoms with E-state index in [1.54, 1.807) is 31.3 Å². The molecule has 24 heavy (non-hydrogen) atoms. The van der Waals surface area contributed by atoms with Gasteiger partial charge in [0.05, 0.1) is 17.6 Å². The summed E-state index contributed by atoms with van der Waals surface area (Å²) in [4.78, 5) is 4.25. The van der Waals surface area contributed by atoms with E-state index in [0.29, 0.717) is 16.3 Å². The van der Waals surface area contributed by atoms with Gasteiger partial charge in [0.1, 0.15) is 12.4 Å². The first-order valence-electron chi connectivity index (χ1n) is 7.15. The van der Waals surface area contributed by atoms with Gasteiger partial charge in [-0.1, -0.05) is 29.5 Å². The second-order valence-electron chi connectivity index (χ2n) is 5.01. The van der Waals surface area contributed by atoms with Crippen molar-refractivity contribution in [2.24, 2.45) is 0 Å². The molecule has 0 radical (unpaired) electrons. The second-order valence-corrected chi connectivity index (χ2v) is 7.18. The third kappa shape index (κ3) is 5.24. The summed E-state index contributed by atoms with van der Waals surface area (Å²) in [5.74, 6) is 6.07. The number of rotatable bonds is 5. The van der Waals surface area contributed by atoms with Gasteiger partial charge in [-0.3, -0.25) is 4.98 Å². The van der Waals surface area contributed by atoms with Gasteiger partial charge in [0.25, 0.3) is 0 Å².